The molecule has 2 nitrogen and oxygen atoms in total. The zero-order valence-corrected chi connectivity index (χ0v) is 12.6. The van der Waals surface area contributed by atoms with Crippen LogP contribution in [0.3, 0.4) is 0 Å². The summed E-state index contributed by atoms with van der Waals surface area (Å²) in [5.41, 5.74) is 5.89. The maximum atomic E-state index is 12.2. The smallest absolute Gasteiger partial charge is 0.326 e. The molecule has 7 heteroatoms. The Morgan fingerprint density at radius 3 is 2.50 bits per heavy atom. The predicted octanol–water partition coefficient (Wildman–Crippen LogP) is 3.78. The molecule has 1 aromatic heterocycles. The van der Waals surface area contributed by atoms with Crippen LogP contribution in [0.15, 0.2) is 15.9 Å². The molecule has 2 unspecified atom stereocenters. The summed E-state index contributed by atoms with van der Waals surface area (Å²) in [6, 6.07) is 1.49. The van der Waals surface area contributed by atoms with Crippen molar-refractivity contribution in [2.75, 3.05) is 13.6 Å². The van der Waals surface area contributed by atoms with Crippen molar-refractivity contribution < 1.29 is 13.2 Å². The second-order valence-electron chi connectivity index (χ2n) is 4.32. The molecule has 0 aliphatic rings. The Bertz CT molecular complexity index is 379. The molecule has 1 heterocycles. The molecule has 0 bridgehead atoms. The van der Waals surface area contributed by atoms with Crippen LogP contribution in [0.25, 0.3) is 0 Å². The topological polar surface area (TPSA) is 29.3 Å². The number of rotatable bonds is 5. The molecule has 0 saturated heterocycles. The summed E-state index contributed by atoms with van der Waals surface area (Å²) >= 11 is 4.84. The number of thiophene rings is 1. The van der Waals surface area contributed by atoms with E-state index in [-0.39, 0.29) is 18.6 Å². The highest BCUT2D eigenvalue weighted by Crippen LogP contribution is 2.31. The van der Waals surface area contributed by atoms with E-state index in [4.69, 9.17) is 5.73 Å². The lowest BCUT2D eigenvalue weighted by Gasteiger charge is -2.30. The van der Waals surface area contributed by atoms with Crippen LogP contribution in [0.1, 0.15) is 24.3 Å². The lowest BCUT2D eigenvalue weighted by molar-refractivity contribution is -0.138. The van der Waals surface area contributed by atoms with E-state index in [1.54, 1.807) is 11.9 Å². The summed E-state index contributed by atoms with van der Waals surface area (Å²) in [7, 11) is 1.67. The van der Waals surface area contributed by atoms with E-state index in [1.807, 2.05) is 18.4 Å². The highest BCUT2D eigenvalue weighted by Gasteiger charge is 2.30. The molecule has 18 heavy (non-hydrogen) atoms. The van der Waals surface area contributed by atoms with Gasteiger partial charge in [-0.2, -0.15) is 13.2 Å². The second-order valence-corrected chi connectivity index (χ2v) is 6.18. The predicted molar refractivity (Wildman–Crippen MR) is 71.7 cm³/mol. The van der Waals surface area contributed by atoms with Gasteiger partial charge in [0.15, 0.2) is 0 Å². The molecule has 1 rings (SSSR count). The van der Waals surface area contributed by atoms with Gasteiger partial charge in [-0.25, -0.2) is 0 Å². The van der Waals surface area contributed by atoms with E-state index in [9.17, 15) is 13.2 Å². The third-order valence-electron chi connectivity index (χ3n) is 2.60. The third-order valence-corrected chi connectivity index (χ3v) is 4.36. The van der Waals surface area contributed by atoms with Crippen molar-refractivity contribution in [1.82, 2.24) is 4.90 Å². The van der Waals surface area contributed by atoms with Crippen LogP contribution in [0, 0.1) is 0 Å². The highest BCUT2D eigenvalue weighted by atomic mass is 79.9. The van der Waals surface area contributed by atoms with Crippen LogP contribution in [0.2, 0.25) is 0 Å². The quantitative estimate of drug-likeness (QED) is 0.880. The molecular weight excluding hydrogens is 329 g/mol. The van der Waals surface area contributed by atoms with Crippen molar-refractivity contribution >= 4 is 27.3 Å². The standard InChI is InChI=1S/C11H16BrF3N2S/c1-7(16)10(9-5-8(12)6-18-9)17(2)4-3-11(13,14)15/h5-7,10H,3-4,16H2,1-2H3. The Balaban J connectivity index is 2.73. The average molecular weight is 345 g/mol. The van der Waals surface area contributed by atoms with E-state index >= 15 is 0 Å². The van der Waals surface area contributed by atoms with Crippen LogP contribution in [-0.4, -0.2) is 30.7 Å². The summed E-state index contributed by atoms with van der Waals surface area (Å²) < 4.78 is 37.6. The monoisotopic (exact) mass is 344 g/mol. The van der Waals surface area contributed by atoms with Crippen molar-refractivity contribution in [3.8, 4) is 0 Å². The number of hydrogen-bond acceptors (Lipinski definition) is 3. The van der Waals surface area contributed by atoms with Crippen molar-refractivity contribution in [3.63, 3.8) is 0 Å². The molecule has 104 valence electrons. The van der Waals surface area contributed by atoms with E-state index in [1.165, 1.54) is 11.3 Å². The fourth-order valence-electron chi connectivity index (χ4n) is 1.80. The molecule has 0 fully saturated rings. The SMILES string of the molecule is CC(N)C(c1cc(Br)cs1)N(C)CCC(F)(F)F. The van der Waals surface area contributed by atoms with E-state index in [2.05, 4.69) is 15.9 Å². The first-order chi connectivity index (χ1) is 8.20. The second kappa shape index (κ2) is 6.36. The van der Waals surface area contributed by atoms with Gasteiger partial charge in [0.05, 0.1) is 12.5 Å². The van der Waals surface area contributed by atoms with Crippen molar-refractivity contribution in [2.24, 2.45) is 5.73 Å². The maximum absolute atomic E-state index is 12.2. The van der Waals surface area contributed by atoms with E-state index in [0.717, 1.165) is 9.35 Å². The number of likely N-dealkylation sites (N-methyl/N-ethyl adjacent to an activating group) is 1. The molecule has 0 spiro atoms. The number of alkyl halides is 3. The lowest BCUT2D eigenvalue weighted by Crippen LogP contribution is -2.38. The Morgan fingerprint density at radius 1 is 1.50 bits per heavy atom. The Morgan fingerprint density at radius 2 is 2.11 bits per heavy atom. The summed E-state index contributed by atoms with van der Waals surface area (Å²) in [5.74, 6) is 0. The zero-order chi connectivity index (χ0) is 13.9. The van der Waals surface area contributed by atoms with Gasteiger partial charge in [-0.05, 0) is 36.0 Å². The summed E-state index contributed by atoms with van der Waals surface area (Å²) in [6.45, 7) is 1.76. The normalized spacial score (nSPS) is 16.0. The molecule has 2 atom stereocenters. The minimum Gasteiger partial charge on any atom is -0.326 e. The fourth-order valence-corrected chi connectivity index (χ4v) is 3.53. The Labute approximate surface area is 117 Å². The van der Waals surface area contributed by atoms with Crippen LogP contribution in [0.5, 0.6) is 0 Å². The van der Waals surface area contributed by atoms with Gasteiger partial charge in [0.25, 0.3) is 0 Å². The molecule has 1 aromatic rings. The first kappa shape index (κ1) is 15.9. The zero-order valence-electron chi connectivity index (χ0n) is 10.2. The molecule has 0 aliphatic heterocycles. The third kappa shape index (κ3) is 4.87. The molecule has 0 aromatic carbocycles. The van der Waals surface area contributed by atoms with Crippen LogP contribution < -0.4 is 5.73 Å². The van der Waals surface area contributed by atoms with Crippen LogP contribution in [-0.2, 0) is 0 Å². The van der Waals surface area contributed by atoms with Gasteiger partial charge in [-0.1, -0.05) is 0 Å². The van der Waals surface area contributed by atoms with Gasteiger partial charge >= 0.3 is 6.18 Å². The first-order valence-electron chi connectivity index (χ1n) is 5.47. The van der Waals surface area contributed by atoms with Crippen LogP contribution in [0.4, 0.5) is 13.2 Å². The van der Waals surface area contributed by atoms with Gasteiger partial charge < -0.3 is 5.73 Å². The van der Waals surface area contributed by atoms with E-state index in [0.29, 0.717) is 0 Å². The molecule has 0 radical (unpaired) electrons. The van der Waals surface area contributed by atoms with Crippen LogP contribution >= 0.6 is 27.3 Å². The van der Waals surface area contributed by atoms with Crippen molar-refractivity contribution in [2.45, 2.75) is 31.6 Å². The highest BCUT2D eigenvalue weighted by molar-refractivity contribution is 9.10. The minimum atomic E-state index is -4.13. The van der Waals surface area contributed by atoms with Crippen molar-refractivity contribution in [3.05, 3.63) is 20.8 Å². The number of halogens is 4. The molecule has 0 amide bonds. The summed E-state index contributed by atoms with van der Waals surface area (Å²) in [5, 5.41) is 1.91. The van der Waals surface area contributed by atoms with Gasteiger partial charge in [-0.3, -0.25) is 4.90 Å². The maximum Gasteiger partial charge on any atom is 0.390 e. The number of hydrogen-bond donors (Lipinski definition) is 1. The Hall–Kier alpha value is -0.110. The molecular formula is C11H16BrF3N2S. The lowest BCUT2D eigenvalue weighted by atomic mass is 10.1. The Kier molecular flexibility index (Phi) is 5.64. The summed E-state index contributed by atoms with van der Waals surface area (Å²) in [4.78, 5) is 2.64. The van der Waals surface area contributed by atoms with Crippen molar-refractivity contribution in [1.29, 1.82) is 0 Å². The number of nitrogens with zero attached hydrogens (tertiary/aromatic N) is 1. The first-order valence-corrected chi connectivity index (χ1v) is 7.14. The minimum absolute atomic E-state index is 0.0504. The fraction of sp³-hybridized carbons (Fsp3) is 0.636. The largest absolute Gasteiger partial charge is 0.390 e. The van der Waals surface area contributed by atoms with Gasteiger partial charge in [-0.15, -0.1) is 11.3 Å². The van der Waals surface area contributed by atoms with E-state index < -0.39 is 12.6 Å². The molecule has 2 N–H and O–H groups in total. The molecule has 0 aliphatic carbocycles. The average Bonchev–Trinajstić information content (AvgIpc) is 2.60. The number of nitrogens with two attached hydrogens (primary N) is 1. The summed E-state index contributed by atoms with van der Waals surface area (Å²) in [6.07, 6.45) is -4.95. The van der Waals surface area contributed by atoms with Gasteiger partial charge in [0, 0.05) is 27.3 Å². The van der Waals surface area contributed by atoms with Gasteiger partial charge in [0.2, 0.25) is 0 Å². The van der Waals surface area contributed by atoms with Gasteiger partial charge in [0.1, 0.15) is 0 Å². The molecule has 0 saturated carbocycles.